The van der Waals surface area contributed by atoms with E-state index in [0.717, 1.165) is 24.1 Å². The summed E-state index contributed by atoms with van der Waals surface area (Å²) in [5.74, 6) is 0.0583. The fourth-order valence-electron chi connectivity index (χ4n) is 2.70. The predicted molar refractivity (Wildman–Crippen MR) is 83.9 cm³/mol. The van der Waals surface area contributed by atoms with Gasteiger partial charge in [-0.2, -0.15) is 5.26 Å². The molecule has 1 aliphatic carbocycles. The number of benzene rings is 1. The molecule has 1 aromatic rings. The highest BCUT2D eigenvalue weighted by Crippen LogP contribution is 2.17. The molecule has 0 saturated heterocycles. The van der Waals surface area contributed by atoms with Crippen LogP contribution in [-0.4, -0.2) is 18.0 Å². The van der Waals surface area contributed by atoms with Gasteiger partial charge in [0.25, 0.3) is 0 Å². The lowest BCUT2D eigenvalue weighted by Crippen LogP contribution is -2.43. The Balaban J connectivity index is 1.83. The van der Waals surface area contributed by atoms with Crippen LogP contribution in [0, 0.1) is 11.3 Å². The van der Waals surface area contributed by atoms with E-state index in [9.17, 15) is 4.79 Å². The Morgan fingerprint density at radius 1 is 1.29 bits per heavy atom. The molecule has 0 bridgehead atoms. The van der Waals surface area contributed by atoms with E-state index in [1.807, 2.05) is 31.2 Å². The second-order valence-corrected chi connectivity index (χ2v) is 5.74. The molecule has 0 spiro atoms. The average Bonchev–Trinajstić information content (AvgIpc) is 2.50. The Morgan fingerprint density at radius 2 is 1.95 bits per heavy atom. The first kappa shape index (κ1) is 15.4. The summed E-state index contributed by atoms with van der Waals surface area (Å²) in [5.41, 5.74) is 1.89. The summed E-state index contributed by atoms with van der Waals surface area (Å²) >= 11 is 0. The van der Waals surface area contributed by atoms with Crippen LogP contribution in [0.15, 0.2) is 24.3 Å². The minimum absolute atomic E-state index is 0.0583. The third kappa shape index (κ3) is 4.78. The maximum atomic E-state index is 12.2. The largest absolute Gasteiger partial charge is 0.374 e. The lowest BCUT2D eigenvalue weighted by molar-refractivity contribution is -0.122. The molecule has 0 aromatic heterocycles. The van der Waals surface area contributed by atoms with E-state index in [1.54, 1.807) is 0 Å². The van der Waals surface area contributed by atoms with Gasteiger partial charge < -0.3 is 10.6 Å². The zero-order valence-electron chi connectivity index (χ0n) is 12.6. The minimum Gasteiger partial charge on any atom is -0.374 e. The second-order valence-electron chi connectivity index (χ2n) is 5.74. The maximum Gasteiger partial charge on any atom is 0.242 e. The van der Waals surface area contributed by atoms with E-state index in [1.165, 1.54) is 19.3 Å². The Bertz CT molecular complexity index is 498. The lowest BCUT2D eigenvalue weighted by atomic mass is 9.95. The maximum absolute atomic E-state index is 12.2. The molecule has 4 heteroatoms. The molecular weight excluding hydrogens is 262 g/mol. The van der Waals surface area contributed by atoms with E-state index >= 15 is 0 Å². The standard InChI is InChI=1S/C17H23N3O/c1-13(17(21)20-15-5-3-2-4-6-15)19-16-9-7-14(8-10-16)11-12-18/h7-10,13,15,19H,2-6,11H2,1H3,(H,20,21). The highest BCUT2D eigenvalue weighted by atomic mass is 16.2. The van der Waals surface area contributed by atoms with Crippen LogP contribution in [0.5, 0.6) is 0 Å². The smallest absolute Gasteiger partial charge is 0.242 e. The van der Waals surface area contributed by atoms with Crippen molar-refractivity contribution in [3.05, 3.63) is 29.8 Å². The number of anilines is 1. The molecule has 1 amide bonds. The summed E-state index contributed by atoms with van der Waals surface area (Å²) in [6, 6.07) is 9.86. The topological polar surface area (TPSA) is 64.9 Å². The third-order valence-corrected chi connectivity index (χ3v) is 3.97. The van der Waals surface area contributed by atoms with Crippen LogP contribution in [0.25, 0.3) is 0 Å². The number of amides is 1. The normalized spacial score (nSPS) is 16.8. The van der Waals surface area contributed by atoms with Crippen molar-refractivity contribution in [2.24, 2.45) is 0 Å². The Morgan fingerprint density at radius 3 is 2.57 bits per heavy atom. The molecule has 1 aromatic carbocycles. The Kier molecular flexibility index (Phi) is 5.62. The van der Waals surface area contributed by atoms with Gasteiger partial charge in [-0.15, -0.1) is 0 Å². The molecule has 4 nitrogen and oxygen atoms in total. The molecule has 2 N–H and O–H groups in total. The molecule has 0 heterocycles. The first-order chi connectivity index (χ1) is 10.2. The highest BCUT2D eigenvalue weighted by Gasteiger charge is 2.19. The molecule has 1 saturated carbocycles. The molecule has 1 atom stereocenters. The molecular formula is C17H23N3O. The van der Waals surface area contributed by atoms with Crippen LogP contribution in [-0.2, 0) is 11.2 Å². The van der Waals surface area contributed by atoms with Gasteiger partial charge in [0.15, 0.2) is 0 Å². The van der Waals surface area contributed by atoms with Gasteiger partial charge in [0.1, 0.15) is 6.04 Å². The molecule has 2 rings (SSSR count). The van der Waals surface area contributed by atoms with Crippen LogP contribution >= 0.6 is 0 Å². The summed E-state index contributed by atoms with van der Waals surface area (Å²) in [5, 5.41) is 15.0. The van der Waals surface area contributed by atoms with Crippen molar-refractivity contribution in [3.8, 4) is 6.07 Å². The lowest BCUT2D eigenvalue weighted by Gasteiger charge is -2.25. The van der Waals surface area contributed by atoms with Gasteiger partial charge in [-0.05, 0) is 37.5 Å². The molecule has 112 valence electrons. The fraction of sp³-hybridized carbons (Fsp3) is 0.529. The zero-order chi connectivity index (χ0) is 15.1. The summed E-state index contributed by atoms with van der Waals surface area (Å²) in [6.07, 6.45) is 6.33. The van der Waals surface area contributed by atoms with Crippen molar-refractivity contribution in [1.29, 1.82) is 5.26 Å². The first-order valence-corrected chi connectivity index (χ1v) is 7.72. The van der Waals surface area contributed by atoms with Crippen molar-refractivity contribution in [3.63, 3.8) is 0 Å². The quantitative estimate of drug-likeness (QED) is 0.874. The van der Waals surface area contributed by atoms with Gasteiger partial charge >= 0.3 is 0 Å². The third-order valence-electron chi connectivity index (χ3n) is 3.97. The van der Waals surface area contributed by atoms with E-state index in [2.05, 4.69) is 16.7 Å². The molecule has 21 heavy (non-hydrogen) atoms. The van der Waals surface area contributed by atoms with Gasteiger partial charge in [0.05, 0.1) is 12.5 Å². The summed E-state index contributed by atoms with van der Waals surface area (Å²) in [7, 11) is 0. The number of hydrogen-bond acceptors (Lipinski definition) is 3. The van der Waals surface area contributed by atoms with Crippen LogP contribution in [0.2, 0.25) is 0 Å². The van der Waals surface area contributed by atoms with Crippen LogP contribution < -0.4 is 10.6 Å². The Labute approximate surface area is 126 Å². The molecule has 1 aliphatic rings. The summed E-state index contributed by atoms with van der Waals surface area (Å²) in [6.45, 7) is 1.88. The van der Waals surface area contributed by atoms with E-state index in [0.29, 0.717) is 12.5 Å². The number of nitrogens with one attached hydrogen (secondary N) is 2. The van der Waals surface area contributed by atoms with E-state index in [-0.39, 0.29) is 11.9 Å². The second kappa shape index (κ2) is 7.68. The van der Waals surface area contributed by atoms with Gasteiger partial charge in [0.2, 0.25) is 5.91 Å². The van der Waals surface area contributed by atoms with E-state index in [4.69, 9.17) is 5.26 Å². The number of nitrogens with zero attached hydrogens (tertiary/aromatic N) is 1. The summed E-state index contributed by atoms with van der Waals surface area (Å²) in [4.78, 5) is 12.2. The average molecular weight is 285 g/mol. The molecule has 0 radical (unpaired) electrons. The minimum atomic E-state index is -0.256. The van der Waals surface area contributed by atoms with Crippen molar-refractivity contribution in [1.82, 2.24) is 5.32 Å². The van der Waals surface area contributed by atoms with Crippen LogP contribution in [0.1, 0.15) is 44.6 Å². The number of rotatable bonds is 5. The van der Waals surface area contributed by atoms with Crippen molar-refractivity contribution < 1.29 is 4.79 Å². The van der Waals surface area contributed by atoms with Gasteiger partial charge in [-0.3, -0.25) is 4.79 Å². The fourth-order valence-corrected chi connectivity index (χ4v) is 2.70. The van der Waals surface area contributed by atoms with Crippen molar-refractivity contribution in [2.75, 3.05) is 5.32 Å². The monoisotopic (exact) mass is 285 g/mol. The van der Waals surface area contributed by atoms with Crippen LogP contribution in [0.4, 0.5) is 5.69 Å². The number of hydrogen-bond donors (Lipinski definition) is 2. The first-order valence-electron chi connectivity index (χ1n) is 7.72. The molecule has 0 aliphatic heterocycles. The van der Waals surface area contributed by atoms with Gasteiger partial charge in [0, 0.05) is 11.7 Å². The Hall–Kier alpha value is -2.02. The SMILES string of the molecule is CC(Nc1ccc(CC#N)cc1)C(=O)NC1CCCCC1. The molecule has 1 fully saturated rings. The number of carbonyl (C=O) groups excluding carboxylic acids is 1. The van der Waals surface area contributed by atoms with E-state index < -0.39 is 0 Å². The zero-order valence-corrected chi connectivity index (χ0v) is 12.6. The van der Waals surface area contributed by atoms with Gasteiger partial charge in [-0.25, -0.2) is 0 Å². The van der Waals surface area contributed by atoms with Crippen LogP contribution in [0.3, 0.4) is 0 Å². The predicted octanol–water partition coefficient (Wildman–Crippen LogP) is 3.00. The highest BCUT2D eigenvalue weighted by molar-refractivity contribution is 5.84. The van der Waals surface area contributed by atoms with Crippen molar-refractivity contribution >= 4 is 11.6 Å². The summed E-state index contributed by atoms with van der Waals surface area (Å²) < 4.78 is 0. The molecule has 1 unspecified atom stereocenters. The van der Waals surface area contributed by atoms with Crippen molar-refractivity contribution in [2.45, 2.75) is 57.5 Å². The number of carbonyl (C=O) groups is 1. The van der Waals surface area contributed by atoms with Gasteiger partial charge in [-0.1, -0.05) is 31.4 Å². The number of nitriles is 1.